The Hall–Kier alpha value is -0.890. The van der Waals surface area contributed by atoms with Crippen LogP contribution in [-0.2, 0) is 6.42 Å². The van der Waals surface area contributed by atoms with Crippen molar-refractivity contribution in [3.8, 4) is 0 Å². The SMILES string of the molecule is Fc1ccccc1C[C@H]1CCCN1. The molecule has 13 heavy (non-hydrogen) atoms. The van der Waals surface area contributed by atoms with Crippen molar-refractivity contribution in [2.24, 2.45) is 0 Å². The Morgan fingerprint density at radius 1 is 1.38 bits per heavy atom. The van der Waals surface area contributed by atoms with E-state index in [0.717, 1.165) is 18.5 Å². The van der Waals surface area contributed by atoms with Gasteiger partial charge in [-0.15, -0.1) is 0 Å². The second-order valence-electron chi connectivity index (χ2n) is 3.59. The molecule has 1 saturated heterocycles. The van der Waals surface area contributed by atoms with Crippen LogP contribution in [-0.4, -0.2) is 12.6 Å². The average Bonchev–Trinajstić information content (AvgIpc) is 2.61. The van der Waals surface area contributed by atoms with Crippen molar-refractivity contribution < 1.29 is 4.39 Å². The lowest BCUT2D eigenvalue weighted by Gasteiger charge is -2.10. The molecule has 1 aliphatic rings. The van der Waals surface area contributed by atoms with E-state index >= 15 is 0 Å². The maximum Gasteiger partial charge on any atom is 0.126 e. The zero-order chi connectivity index (χ0) is 9.10. The molecule has 0 bridgehead atoms. The van der Waals surface area contributed by atoms with Crippen LogP contribution < -0.4 is 5.32 Å². The first kappa shape index (κ1) is 8.70. The van der Waals surface area contributed by atoms with Crippen molar-refractivity contribution in [1.82, 2.24) is 5.32 Å². The van der Waals surface area contributed by atoms with Crippen molar-refractivity contribution in [2.45, 2.75) is 25.3 Å². The fourth-order valence-corrected chi connectivity index (χ4v) is 1.86. The van der Waals surface area contributed by atoms with E-state index in [1.807, 2.05) is 12.1 Å². The minimum Gasteiger partial charge on any atom is -0.314 e. The van der Waals surface area contributed by atoms with Crippen LogP contribution in [0, 0.1) is 5.82 Å². The van der Waals surface area contributed by atoms with Gasteiger partial charge >= 0.3 is 0 Å². The Morgan fingerprint density at radius 3 is 2.92 bits per heavy atom. The topological polar surface area (TPSA) is 12.0 Å². The molecule has 1 aromatic rings. The molecule has 0 saturated carbocycles. The summed E-state index contributed by atoms with van der Waals surface area (Å²) in [5.41, 5.74) is 0.835. The summed E-state index contributed by atoms with van der Waals surface area (Å²) < 4.78 is 13.2. The Morgan fingerprint density at radius 2 is 2.23 bits per heavy atom. The maximum absolute atomic E-state index is 13.2. The minimum atomic E-state index is -0.0730. The van der Waals surface area contributed by atoms with Crippen LogP contribution in [0.15, 0.2) is 24.3 Å². The molecule has 1 atom stereocenters. The molecule has 1 aliphatic heterocycles. The van der Waals surface area contributed by atoms with Gasteiger partial charge in [0.05, 0.1) is 0 Å². The lowest BCUT2D eigenvalue weighted by Crippen LogP contribution is -2.23. The van der Waals surface area contributed by atoms with Crippen LogP contribution in [0.2, 0.25) is 0 Å². The van der Waals surface area contributed by atoms with Gasteiger partial charge in [-0.25, -0.2) is 4.39 Å². The minimum absolute atomic E-state index is 0.0730. The number of hydrogen-bond donors (Lipinski definition) is 1. The molecule has 2 heteroatoms. The highest BCUT2D eigenvalue weighted by Gasteiger charge is 2.15. The van der Waals surface area contributed by atoms with Crippen molar-refractivity contribution in [3.63, 3.8) is 0 Å². The highest BCUT2D eigenvalue weighted by atomic mass is 19.1. The lowest BCUT2D eigenvalue weighted by molar-refractivity contribution is 0.560. The highest BCUT2D eigenvalue weighted by Crippen LogP contribution is 2.14. The normalized spacial score (nSPS) is 22.1. The number of hydrogen-bond acceptors (Lipinski definition) is 1. The van der Waals surface area contributed by atoms with Crippen LogP contribution in [0.1, 0.15) is 18.4 Å². The van der Waals surface area contributed by atoms with Crippen LogP contribution in [0.5, 0.6) is 0 Å². The van der Waals surface area contributed by atoms with E-state index in [9.17, 15) is 4.39 Å². The average molecular weight is 179 g/mol. The smallest absolute Gasteiger partial charge is 0.126 e. The molecular formula is C11H14FN. The third-order valence-electron chi connectivity index (χ3n) is 2.59. The molecular weight excluding hydrogens is 165 g/mol. The molecule has 2 rings (SSSR count). The molecule has 1 N–H and O–H groups in total. The summed E-state index contributed by atoms with van der Waals surface area (Å²) in [6, 6.07) is 7.52. The van der Waals surface area contributed by atoms with Crippen molar-refractivity contribution in [2.75, 3.05) is 6.54 Å². The molecule has 0 spiro atoms. The van der Waals surface area contributed by atoms with E-state index in [4.69, 9.17) is 0 Å². The molecule has 0 amide bonds. The number of benzene rings is 1. The third-order valence-corrected chi connectivity index (χ3v) is 2.59. The van der Waals surface area contributed by atoms with Crippen LogP contribution in [0.4, 0.5) is 4.39 Å². The molecule has 1 aromatic carbocycles. The standard InChI is InChI=1S/C11H14FN/c12-11-6-2-1-4-9(11)8-10-5-3-7-13-10/h1-2,4,6,10,13H,3,5,7-8H2/t10-/m1/s1. The van der Waals surface area contributed by atoms with Gasteiger partial charge in [0.25, 0.3) is 0 Å². The molecule has 1 fully saturated rings. The first-order valence-corrected chi connectivity index (χ1v) is 4.83. The van der Waals surface area contributed by atoms with E-state index < -0.39 is 0 Å². The first-order valence-electron chi connectivity index (χ1n) is 4.83. The van der Waals surface area contributed by atoms with Gasteiger partial charge in [0.2, 0.25) is 0 Å². The molecule has 0 unspecified atom stereocenters. The van der Waals surface area contributed by atoms with Crippen LogP contribution in [0.25, 0.3) is 0 Å². The Bertz CT molecular complexity index is 279. The van der Waals surface area contributed by atoms with Gasteiger partial charge in [-0.3, -0.25) is 0 Å². The molecule has 0 aromatic heterocycles. The lowest BCUT2D eigenvalue weighted by atomic mass is 10.0. The largest absolute Gasteiger partial charge is 0.314 e. The van der Waals surface area contributed by atoms with E-state index in [0.29, 0.717) is 6.04 Å². The number of nitrogens with one attached hydrogen (secondary N) is 1. The van der Waals surface area contributed by atoms with Crippen LogP contribution >= 0.6 is 0 Å². The molecule has 1 heterocycles. The first-order chi connectivity index (χ1) is 6.36. The quantitative estimate of drug-likeness (QED) is 0.733. The second kappa shape index (κ2) is 3.88. The van der Waals surface area contributed by atoms with Crippen molar-refractivity contribution >= 4 is 0 Å². The summed E-state index contributed by atoms with van der Waals surface area (Å²) in [4.78, 5) is 0. The van der Waals surface area contributed by atoms with Crippen molar-refractivity contribution in [1.29, 1.82) is 0 Å². The van der Waals surface area contributed by atoms with E-state index in [2.05, 4.69) is 5.32 Å². The Kier molecular flexibility index (Phi) is 2.60. The second-order valence-corrected chi connectivity index (χ2v) is 3.59. The summed E-state index contributed by atoms with van der Waals surface area (Å²) in [6.45, 7) is 1.08. The summed E-state index contributed by atoms with van der Waals surface area (Å²) in [6.07, 6.45) is 3.22. The number of rotatable bonds is 2. The van der Waals surface area contributed by atoms with Crippen molar-refractivity contribution in [3.05, 3.63) is 35.6 Å². The zero-order valence-corrected chi connectivity index (χ0v) is 7.59. The molecule has 0 radical (unpaired) electrons. The molecule has 1 nitrogen and oxygen atoms in total. The number of halogens is 1. The van der Waals surface area contributed by atoms with Gasteiger partial charge in [-0.1, -0.05) is 18.2 Å². The van der Waals surface area contributed by atoms with Gasteiger partial charge in [-0.05, 0) is 37.4 Å². The Labute approximate surface area is 78.0 Å². The van der Waals surface area contributed by atoms with E-state index in [1.54, 1.807) is 6.07 Å². The fraction of sp³-hybridized carbons (Fsp3) is 0.455. The molecule has 0 aliphatic carbocycles. The summed E-state index contributed by atoms with van der Waals surface area (Å²) in [5.74, 6) is -0.0730. The Balaban J connectivity index is 2.04. The maximum atomic E-state index is 13.2. The van der Waals surface area contributed by atoms with E-state index in [-0.39, 0.29) is 5.82 Å². The predicted molar refractivity (Wildman–Crippen MR) is 51.1 cm³/mol. The summed E-state index contributed by atoms with van der Waals surface area (Å²) in [7, 11) is 0. The highest BCUT2D eigenvalue weighted by molar-refractivity contribution is 5.18. The molecule has 70 valence electrons. The monoisotopic (exact) mass is 179 g/mol. The van der Waals surface area contributed by atoms with Gasteiger partial charge in [-0.2, -0.15) is 0 Å². The summed E-state index contributed by atoms with van der Waals surface area (Å²) in [5, 5.41) is 3.37. The van der Waals surface area contributed by atoms with Gasteiger partial charge < -0.3 is 5.32 Å². The third kappa shape index (κ3) is 2.07. The van der Waals surface area contributed by atoms with E-state index in [1.165, 1.54) is 18.9 Å². The van der Waals surface area contributed by atoms with Gasteiger partial charge in [0.1, 0.15) is 5.82 Å². The summed E-state index contributed by atoms with van der Waals surface area (Å²) >= 11 is 0. The van der Waals surface area contributed by atoms with Gasteiger partial charge in [0.15, 0.2) is 0 Å². The predicted octanol–water partition coefficient (Wildman–Crippen LogP) is 2.12. The zero-order valence-electron chi connectivity index (χ0n) is 7.59. The fourth-order valence-electron chi connectivity index (χ4n) is 1.86. The van der Waals surface area contributed by atoms with Crippen LogP contribution in [0.3, 0.4) is 0 Å². The van der Waals surface area contributed by atoms with Gasteiger partial charge in [0, 0.05) is 6.04 Å².